The summed E-state index contributed by atoms with van der Waals surface area (Å²) < 4.78 is 0. The summed E-state index contributed by atoms with van der Waals surface area (Å²) in [4.78, 5) is 4.38. The van der Waals surface area contributed by atoms with Crippen molar-refractivity contribution in [1.29, 1.82) is 0 Å². The SMILES string of the molecule is C=C(C)/C=C\C=C/CC(C)C.Cc1ccc2ccccc2n1. The smallest absolute Gasteiger partial charge is 0.0705 e. The Balaban J connectivity index is 0.000000220. The van der Waals surface area contributed by atoms with Crippen molar-refractivity contribution in [2.45, 2.75) is 34.1 Å². The maximum Gasteiger partial charge on any atom is 0.0705 e. The van der Waals surface area contributed by atoms with Crippen LogP contribution in [0.15, 0.2) is 72.9 Å². The number of aryl methyl sites for hydroxylation is 1. The van der Waals surface area contributed by atoms with E-state index in [4.69, 9.17) is 0 Å². The first-order valence-corrected chi connectivity index (χ1v) is 7.80. The molecule has 0 aliphatic heterocycles. The summed E-state index contributed by atoms with van der Waals surface area (Å²) in [5.41, 5.74) is 3.25. The number of para-hydroxylation sites is 1. The molecule has 0 aliphatic rings. The quantitative estimate of drug-likeness (QED) is 0.606. The lowest BCUT2D eigenvalue weighted by atomic mass is 10.1. The number of fused-ring (bicyclic) bond motifs is 1. The van der Waals surface area contributed by atoms with E-state index in [1.165, 1.54) is 5.39 Å². The van der Waals surface area contributed by atoms with Crippen LogP contribution < -0.4 is 0 Å². The van der Waals surface area contributed by atoms with Gasteiger partial charge in [0.1, 0.15) is 0 Å². The van der Waals surface area contributed by atoms with Gasteiger partial charge in [-0.3, -0.25) is 4.98 Å². The van der Waals surface area contributed by atoms with E-state index in [0.29, 0.717) is 0 Å². The molecule has 22 heavy (non-hydrogen) atoms. The molecule has 1 aromatic carbocycles. The molecule has 0 N–H and O–H groups in total. The average Bonchev–Trinajstić information content (AvgIpc) is 2.47. The molecule has 1 heteroatoms. The van der Waals surface area contributed by atoms with Crippen LogP contribution in [0.25, 0.3) is 10.9 Å². The van der Waals surface area contributed by atoms with Crippen molar-refractivity contribution in [3.05, 3.63) is 78.5 Å². The second-order valence-electron chi connectivity index (χ2n) is 5.91. The minimum absolute atomic E-state index is 0.754. The van der Waals surface area contributed by atoms with Crippen LogP contribution in [0.1, 0.15) is 32.9 Å². The molecule has 0 fully saturated rings. The van der Waals surface area contributed by atoms with Crippen LogP contribution in [-0.2, 0) is 0 Å². The maximum absolute atomic E-state index is 4.38. The van der Waals surface area contributed by atoms with Crippen molar-refractivity contribution in [3.63, 3.8) is 0 Å². The topological polar surface area (TPSA) is 12.9 Å². The zero-order valence-corrected chi connectivity index (χ0v) is 14.2. The third-order valence-corrected chi connectivity index (χ3v) is 2.97. The van der Waals surface area contributed by atoms with Crippen LogP contribution in [0, 0.1) is 12.8 Å². The summed E-state index contributed by atoms with van der Waals surface area (Å²) in [6.45, 7) is 12.2. The number of aromatic nitrogens is 1. The fraction of sp³-hybridized carbons (Fsp3) is 0.286. The monoisotopic (exact) mass is 293 g/mol. The normalized spacial score (nSPS) is 11.1. The van der Waals surface area contributed by atoms with E-state index in [9.17, 15) is 0 Å². The van der Waals surface area contributed by atoms with Crippen LogP contribution >= 0.6 is 0 Å². The molecule has 2 aromatic rings. The Morgan fingerprint density at radius 2 is 1.86 bits per heavy atom. The van der Waals surface area contributed by atoms with Crippen molar-refractivity contribution >= 4 is 10.9 Å². The Kier molecular flexibility index (Phi) is 7.91. The summed E-state index contributed by atoms with van der Waals surface area (Å²) in [5.74, 6) is 0.754. The molecule has 2 rings (SSSR count). The zero-order chi connectivity index (χ0) is 16.4. The number of pyridine rings is 1. The third-order valence-electron chi connectivity index (χ3n) is 2.97. The fourth-order valence-corrected chi connectivity index (χ4v) is 1.82. The highest BCUT2D eigenvalue weighted by molar-refractivity contribution is 5.78. The lowest BCUT2D eigenvalue weighted by Crippen LogP contribution is -1.80. The molecule has 0 saturated heterocycles. The maximum atomic E-state index is 4.38. The van der Waals surface area contributed by atoms with Gasteiger partial charge in [0.05, 0.1) is 5.52 Å². The molecular weight excluding hydrogens is 266 g/mol. The number of hydrogen-bond acceptors (Lipinski definition) is 1. The first kappa shape index (κ1) is 17.9. The second kappa shape index (κ2) is 9.73. The van der Waals surface area contributed by atoms with Gasteiger partial charge in [-0.05, 0) is 38.3 Å². The Morgan fingerprint density at radius 3 is 2.55 bits per heavy atom. The van der Waals surface area contributed by atoms with Gasteiger partial charge in [0, 0.05) is 11.1 Å². The van der Waals surface area contributed by atoms with E-state index in [-0.39, 0.29) is 0 Å². The highest BCUT2D eigenvalue weighted by Crippen LogP contribution is 2.10. The van der Waals surface area contributed by atoms with Gasteiger partial charge in [-0.2, -0.15) is 0 Å². The summed E-state index contributed by atoms with van der Waals surface area (Å²) in [5, 5.41) is 1.21. The second-order valence-corrected chi connectivity index (χ2v) is 5.91. The Bertz CT molecular complexity index is 648. The van der Waals surface area contributed by atoms with Crippen LogP contribution in [0.3, 0.4) is 0 Å². The summed E-state index contributed by atoms with van der Waals surface area (Å²) in [6, 6.07) is 12.3. The van der Waals surface area contributed by atoms with Gasteiger partial charge in [0.2, 0.25) is 0 Å². The fourth-order valence-electron chi connectivity index (χ4n) is 1.82. The lowest BCUT2D eigenvalue weighted by Gasteiger charge is -1.95. The highest BCUT2D eigenvalue weighted by Gasteiger charge is 1.91. The van der Waals surface area contributed by atoms with E-state index < -0.39 is 0 Å². The molecular formula is C21H27N. The molecule has 0 aliphatic carbocycles. The largest absolute Gasteiger partial charge is 0.253 e. The number of hydrogen-bond donors (Lipinski definition) is 0. The average molecular weight is 293 g/mol. The lowest BCUT2D eigenvalue weighted by molar-refractivity contribution is 0.664. The molecule has 1 aromatic heterocycles. The molecule has 0 radical (unpaired) electrons. The first-order valence-electron chi connectivity index (χ1n) is 7.80. The van der Waals surface area contributed by atoms with Gasteiger partial charge in [0.25, 0.3) is 0 Å². The van der Waals surface area contributed by atoms with Crippen LogP contribution in [0.5, 0.6) is 0 Å². The van der Waals surface area contributed by atoms with E-state index in [1.807, 2.05) is 50.3 Å². The third kappa shape index (κ3) is 7.58. The van der Waals surface area contributed by atoms with Crippen molar-refractivity contribution < 1.29 is 0 Å². The van der Waals surface area contributed by atoms with Gasteiger partial charge >= 0.3 is 0 Å². The van der Waals surface area contributed by atoms with Gasteiger partial charge in [0.15, 0.2) is 0 Å². The van der Waals surface area contributed by atoms with E-state index in [0.717, 1.165) is 29.1 Å². The van der Waals surface area contributed by atoms with E-state index >= 15 is 0 Å². The minimum Gasteiger partial charge on any atom is -0.253 e. The van der Waals surface area contributed by atoms with Gasteiger partial charge < -0.3 is 0 Å². The summed E-state index contributed by atoms with van der Waals surface area (Å²) in [6.07, 6.45) is 9.46. The first-order chi connectivity index (χ1) is 10.5. The molecule has 116 valence electrons. The molecule has 1 heterocycles. The highest BCUT2D eigenvalue weighted by atomic mass is 14.7. The van der Waals surface area contributed by atoms with E-state index in [2.05, 4.69) is 49.7 Å². The van der Waals surface area contributed by atoms with Crippen molar-refractivity contribution in [2.24, 2.45) is 5.92 Å². The Morgan fingerprint density at radius 1 is 1.14 bits per heavy atom. The van der Waals surface area contributed by atoms with Crippen molar-refractivity contribution in [1.82, 2.24) is 4.98 Å². The Labute approximate surface area is 135 Å². The summed E-state index contributed by atoms with van der Waals surface area (Å²) in [7, 11) is 0. The number of benzene rings is 1. The van der Waals surface area contributed by atoms with Crippen LogP contribution in [0.4, 0.5) is 0 Å². The predicted octanol–water partition coefficient (Wildman–Crippen LogP) is 6.26. The van der Waals surface area contributed by atoms with Crippen molar-refractivity contribution in [3.8, 4) is 0 Å². The number of nitrogens with zero attached hydrogens (tertiary/aromatic N) is 1. The molecule has 0 bridgehead atoms. The molecule has 0 spiro atoms. The molecule has 0 saturated carbocycles. The van der Waals surface area contributed by atoms with Gasteiger partial charge in [-0.15, -0.1) is 0 Å². The summed E-state index contributed by atoms with van der Waals surface area (Å²) >= 11 is 0. The van der Waals surface area contributed by atoms with E-state index in [1.54, 1.807) is 0 Å². The van der Waals surface area contributed by atoms with Crippen molar-refractivity contribution in [2.75, 3.05) is 0 Å². The van der Waals surface area contributed by atoms with Gasteiger partial charge in [-0.1, -0.05) is 74.6 Å². The molecule has 0 amide bonds. The van der Waals surface area contributed by atoms with Crippen LogP contribution in [-0.4, -0.2) is 4.98 Å². The number of rotatable bonds is 4. The minimum atomic E-state index is 0.754. The molecule has 1 nitrogen and oxygen atoms in total. The zero-order valence-electron chi connectivity index (χ0n) is 14.2. The number of allylic oxidation sites excluding steroid dienone is 5. The van der Waals surface area contributed by atoms with Crippen LogP contribution in [0.2, 0.25) is 0 Å². The predicted molar refractivity (Wildman–Crippen MR) is 99.0 cm³/mol. The standard InChI is InChI=1S/C11H18.C10H9N/c1-10(2)8-6-5-7-9-11(3)4;1-8-6-7-9-4-2-3-5-10(9)11-8/h5-8,11H,1,9H2,2-4H3;2-7H,1H3/b7-5-,8-6-;. The molecule has 0 atom stereocenters. The molecule has 0 unspecified atom stereocenters. The Hall–Kier alpha value is -2.15. The van der Waals surface area contributed by atoms with Gasteiger partial charge in [-0.25, -0.2) is 0 Å².